The lowest BCUT2D eigenvalue weighted by atomic mass is 9.97. The largest absolute Gasteiger partial charge is 0.495 e. The molecule has 0 bridgehead atoms. The molecule has 1 fully saturated rings. The third kappa shape index (κ3) is 6.25. The van der Waals surface area contributed by atoms with Crippen LogP contribution >= 0.6 is 0 Å². The summed E-state index contributed by atoms with van der Waals surface area (Å²) in [5, 5.41) is 5.51. The zero-order valence-electron chi connectivity index (χ0n) is 16.0. The first-order valence-corrected chi connectivity index (χ1v) is 9.07. The number of hydrogen-bond acceptors (Lipinski definition) is 6. The molecular formula is C19H27N3O5. The highest BCUT2D eigenvalue weighted by atomic mass is 16.5. The summed E-state index contributed by atoms with van der Waals surface area (Å²) in [6.45, 7) is 5.17. The number of likely N-dealkylation sites (tertiary alicyclic amines) is 1. The molecule has 1 aromatic rings. The minimum absolute atomic E-state index is 0.0845. The van der Waals surface area contributed by atoms with E-state index in [2.05, 4.69) is 10.6 Å². The molecule has 0 radical (unpaired) electrons. The Kier molecular flexibility index (Phi) is 7.60. The molecule has 1 aliphatic rings. The number of esters is 1. The van der Waals surface area contributed by atoms with Crippen molar-refractivity contribution in [1.82, 2.24) is 4.90 Å². The van der Waals surface area contributed by atoms with Gasteiger partial charge < -0.3 is 20.1 Å². The van der Waals surface area contributed by atoms with Crippen molar-refractivity contribution in [3.8, 4) is 5.75 Å². The molecule has 2 amide bonds. The van der Waals surface area contributed by atoms with Crippen molar-refractivity contribution in [1.29, 1.82) is 0 Å². The van der Waals surface area contributed by atoms with Crippen LogP contribution in [0.4, 0.5) is 11.4 Å². The molecule has 8 heteroatoms. The fraction of sp³-hybridized carbons (Fsp3) is 0.526. The Morgan fingerprint density at radius 1 is 1.19 bits per heavy atom. The number of piperidine rings is 1. The standard InChI is InChI=1S/C19H27N3O5/c1-4-27-19(25)14-7-9-22(10-8-14)12-18(24)21-16-11-15(20-13(2)23)5-6-17(16)26-3/h5-6,11,14H,4,7-10,12H2,1-3H3,(H,20,23)(H,21,24). The molecule has 0 aliphatic carbocycles. The molecule has 2 rings (SSSR count). The molecule has 0 atom stereocenters. The summed E-state index contributed by atoms with van der Waals surface area (Å²) < 4.78 is 10.3. The molecule has 0 spiro atoms. The molecule has 8 nitrogen and oxygen atoms in total. The normalized spacial score (nSPS) is 15.1. The van der Waals surface area contributed by atoms with Crippen molar-refractivity contribution in [3.63, 3.8) is 0 Å². The van der Waals surface area contributed by atoms with Crippen LogP contribution in [0.3, 0.4) is 0 Å². The SMILES string of the molecule is CCOC(=O)C1CCN(CC(=O)Nc2cc(NC(C)=O)ccc2OC)CC1. The minimum Gasteiger partial charge on any atom is -0.495 e. The topological polar surface area (TPSA) is 97.0 Å². The predicted molar refractivity (Wildman–Crippen MR) is 102 cm³/mol. The number of rotatable bonds is 7. The van der Waals surface area contributed by atoms with Crippen LogP contribution in [0.5, 0.6) is 5.75 Å². The number of carbonyl (C=O) groups is 3. The Balaban J connectivity index is 1.90. The summed E-state index contributed by atoms with van der Waals surface area (Å²) >= 11 is 0. The van der Waals surface area contributed by atoms with Gasteiger partial charge in [0.15, 0.2) is 0 Å². The van der Waals surface area contributed by atoms with E-state index in [1.807, 2.05) is 4.90 Å². The van der Waals surface area contributed by atoms with E-state index >= 15 is 0 Å². The average Bonchev–Trinajstić information content (AvgIpc) is 2.62. The van der Waals surface area contributed by atoms with Gasteiger partial charge in [0.05, 0.1) is 31.9 Å². The van der Waals surface area contributed by atoms with E-state index in [1.54, 1.807) is 25.1 Å². The number of methoxy groups -OCH3 is 1. The van der Waals surface area contributed by atoms with E-state index in [0.717, 1.165) is 0 Å². The predicted octanol–water partition coefficient (Wildman–Crippen LogP) is 1.87. The van der Waals surface area contributed by atoms with Gasteiger partial charge in [0, 0.05) is 12.6 Å². The highest BCUT2D eigenvalue weighted by Crippen LogP contribution is 2.28. The Morgan fingerprint density at radius 2 is 1.89 bits per heavy atom. The van der Waals surface area contributed by atoms with Crippen LogP contribution in [0.1, 0.15) is 26.7 Å². The second-order valence-corrected chi connectivity index (χ2v) is 6.45. The number of carbonyl (C=O) groups excluding carboxylic acids is 3. The summed E-state index contributed by atoms with van der Waals surface area (Å²) in [7, 11) is 1.52. The number of anilines is 2. The Morgan fingerprint density at radius 3 is 2.48 bits per heavy atom. The van der Waals surface area contributed by atoms with E-state index < -0.39 is 0 Å². The first kappa shape index (κ1) is 20.7. The van der Waals surface area contributed by atoms with Gasteiger partial charge in [-0.25, -0.2) is 0 Å². The number of nitrogens with one attached hydrogen (secondary N) is 2. The molecule has 2 N–H and O–H groups in total. The van der Waals surface area contributed by atoms with Crippen LogP contribution in [0, 0.1) is 5.92 Å². The Hall–Kier alpha value is -2.61. The summed E-state index contributed by atoms with van der Waals surface area (Å²) in [6, 6.07) is 5.05. The second-order valence-electron chi connectivity index (χ2n) is 6.45. The molecule has 1 saturated heterocycles. The van der Waals surface area contributed by atoms with Gasteiger partial charge in [-0.1, -0.05) is 0 Å². The number of hydrogen-bond donors (Lipinski definition) is 2. The second kappa shape index (κ2) is 9.91. The molecule has 1 aromatic carbocycles. The molecule has 0 unspecified atom stereocenters. The van der Waals surface area contributed by atoms with Crippen LogP contribution in [-0.2, 0) is 19.1 Å². The lowest BCUT2D eigenvalue weighted by Gasteiger charge is -2.30. The smallest absolute Gasteiger partial charge is 0.309 e. The number of amides is 2. The van der Waals surface area contributed by atoms with Crippen molar-refractivity contribution in [2.24, 2.45) is 5.92 Å². The first-order valence-electron chi connectivity index (χ1n) is 9.07. The molecule has 148 valence electrons. The minimum atomic E-state index is -0.193. The zero-order valence-corrected chi connectivity index (χ0v) is 16.0. The molecule has 0 aromatic heterocycles. The van der Waals surface area contributed by atoms with Gasteiger partial charge in [0.1, 0.15) is 5.75 Å². The Labute approximate surface area is 159 Å². The van der Waals surface area contributed by atoms with E-state index in [1.165, 1.54) is 14.0 Å². The van der Waals surface area contributed by atoms with Crippen molar-refractivity contribution in [3.05, 3.63) is 18.2 Å². The van der Waals surface area contributed by atoms with E-state index in [9.17, 15) is 14.4 Å². The van der Waals surface area contributed by atoms with E-state index in [-0.39, 0.29) is 30.2 Å². The molecular weight excluding hydrogens is 350 g/mol. The maximum Gasteiger partial charge on any atom is 0.309 e. The maximum atomic E-state index is 12.4. The monoisotopic (exact) mass is 377 g/mol. The van der Waals surface area contributed by atoms with Gasteiger partial charge >= 0.3 is 5.97 Å². The fourth-order valence-corrected chi connectivity index (χ4v) is 3.07. The van der Waals surface area contributed by atoms with Gasteiger partial charge in [0.2, 0.25) is 11.8 Å². The molecule has 27 heavy (non-hydrogen) atoms. The van der Waals surface area contributed by atoms with Crippen LogP contribution in [0.25, 0.3) is 0 Å². The number of benzene rings is 1. The average molecular weight is 377 g/mol. The van der Waals surface area contributed by atoms with Gasteiger partial charge in [-0.3, -0.25) is 19.3 Å². The highest BCUT2D eigenvalue weighted by molar-refractivity contribution is 5.95. The van der Waals surface area contributed by atoms with Crippen molar-refractivity contribution < 1.29 is 23.9 Å². The van der Waals surface area contributed by atoms with Gasteiger partial charge in [0.25, 0.3) is 0 Å². The summed E-state index contributed by atoms with van der Waals surface area (Å²) in [6.07, 6.45) is 1.38. The molecule has 0 saturated carbocycles. The molecule has 1 heterocycles. The van der Waals surface area contributed by atoms with Crippen molar-refractivity contribution >= 4 is 29.2 Å². The van der Waals surface area contributed by atoms with Gasteiger partial charge in [-0.2, -0.15) is 0 Å². The van der Waals surface area contributed by atoms with Gasteiger partial charge in [-0.15, -0.1) is 0 Å². The third-order valence-electron chi connectivity index (χ3n) is 4.37. The number of nitrogens with zero attached hydrogens (tertiary/aromatic N) is 1. The quantitative estimate of drug-likeness (QED) is 0.704. The summed E-state index contributed by atoms with van der Waals surface area (Å²) in [5.74, 6) is -0.0944. The lowest BCUT2D eigenvalue weighted by Crippen LogP contribution is -2.41. The number of ether oxygens (including phenoxy) is 2. The summed E-state index contributed by atoms with van der Waals surface area (Å²) in [4.78, 5) is 37.4. The van der Waals surface area contributed by atoms with E-state index in [0.29, 0.717) is 49.7 Å². The first-order chi connectivity index (χ1) is 12.9. The van der Waals surface area contributed by atoms with Crippen LogP contribution in [0.15, 0.2) is 18.2 Å². The molecule has 1 aliphatic heterocycles. The highest BCUT2D eigenvalue weighted by Gasteiger charge is 2.26. The lowest BCUT2D eigenvalue weighted by molar-refractivity contribution is -0.149. The van der Waals surface area contributed by atoms with Crippen LogP contribution in [-0.4, -0.2) is 56.0 Å². The van der Waals surface area contributed by atoms with Crippen molar-refractivity contribution in [2.45, 2.75) is 26.7 Å². The van der Waals surface area contributed by atoms with Crippen molar-refractivity contribution in [2.75, 3.05) is 44.0 Å². The summed E-state index contributed by atoms with van der Waals surface area (Å²) in [5.41, 5.74) is 1.07. The van der Waals surface area contributed by atoms with Crippen LogP contribution < -0.4 is 15.4 Å². The zero-order chi connectivity index (χ0) is 19.8. The van der Waals surface area contributed by atoms with Gasteiger partial charge in [-0.05, 0) is 51.1 Å². The van der Waals surface area contributed by atoms with E-state index in [4.69, 9.17) is 9.47 Å². The Bertz CT molecular complexity index is 684. The fourth-order valence-electron chi connectivity index (χ4n) is 3.07. The maximum absolute atomic E-state index is 12.4. The third-order valence-corrected chi connectivity index (χ3v) is 4.37. The van der Waals surface area contributed by atoms with Crippen LogP contribution in [0.2, 0.25) is 0 Å².